The highest BCUT2D eigenvalue weighted by Gasteiger charge is 2.06. The molecule has 0 saturated carbocycles. The Bertz CT molecular complexity index is 204. The van der Waals surface area contributed by atoms with Crippen LogP contribution >= 0.6 is 0 Å². The van der Waals surface area contributed by atoms with Crippen LogP contribution in [0.4, 0.5) is 4.39 Å². The van der Waals surface area contributed by atoms with Gasteiger partial charge in [0.1, 0.15) is 0 Å². The van der Waals surface area contributed by atoms with E-state index in [-0.39, 0.29) is 5.76 Å². The second-order valence-corrected chi connectivity index (χ2v) is 1.94. The maximum Gasteiger partial charge on any atom is 0.203 e. The number of hydrogen-bond acceptors (Lipinski definition) is 2. The van der Waals surface area contributed by atoms with Gasteiger partial charge in [-0.3, -0.25) is 0 Å². The molecule has 3 heteroatoms. The summed E-state index contributed by atoms with van der Waals surface area (Å²) in [5.74, 6) is -0.799. The molecule has 0 radical (unpaired) electrons. The van der Waals surface area contributed by atoms with Crippen LogP contribution in [0.5, 0.6) is 0 Å². The lowest BCUT2D eigenvalue weighted by Crippen LogP contribution is -1.91. The molecule has 0 unspecified atom stereocenters. The van der Waals surface area contributed by atoms with Crippen LogP contribution in [0, 0.1) is 0 Å². The molecule has 0 aromatic heterocycles. The molecule has 0 atom stereocenters. The second kappa shape index (κ2) is 4.68. The first-order valence-corrected chi connectivity index (χ1v) is 3.14. The molecule has 0 saturated heterocycles. The predicted octanol–water partition coefficient (Wildman–Crippen LogP) is 2.81. The fourth-order valence-electron chi connectivity index (χ4n) is 0.528. The van der Waals surface area contributed by atoms with E-state index < -0.39 is 5.83 Å². The van der Waals surface area contributed by atoms with Crippen molar-refractivity contribution in [2.45, 2.75) is 13.8 Å². The lowest BCUT2D eigenvalue weighted by Gasteiger charge is -2.01. The molecule has 11 heavy (non-hydrogen) atoms. The summed E-state index contributed by atoms with van der Waals surface area (Å²) in [6.07, 6.45) is 2.59. The van der Waals surface area contributed by atoms with Crippen molar-refractivity contribution in [1.29, 1.82) is 0 Å². The van der Waals surface area contributed by atoms with E-state index in [1.807, 2.05) is 0 Å². The molecule has 0 amide bonds. The predicted molar refractivity (Wildman–Crippen MR) is 41.5 cm³/mol. The van der Waals surface area contributed by atoms with Gasteiger partial charge in [-0.05, 0) is 25.5 Å². The average molecular weight is 158 g/mol. The smallest absolute Gasteiger partial charge is 0.203 e. The van der Waals surface area contributed by atoms with Crippen LogP contribution in [0.15, 0.2) is 35.9 Å². The van der Waals surface area contributed by atoms with Crippen LogP contribution in [0.1, 0.15) is 13.8 Å². The van der Waals surface area contributed by atoms with Gasteiger partial charge in [0.25, 0.3) is 0 Å². The molecular formula is C8H11FO2. The maximum atomic E-state index is 12.7. The molecule has 0 heterocycles. The van der Waals surface area contributed by atoms with E-state index in [0.717, 1.165) is 0 Å². The lowest BCUT2D eigenvalue weighted by atomic mass is 10.2. The van der Waals surface area contributed by atoms with Crippen LogP contribution in [0.2, 0.25) is 0 Å². The molecule has 0 aromatic rings. The molecule has 0 bridgehead atoms. The van der Waals surface area contributed by atoms with E-state index in [1.54, 1.807) is 6.92 Å². The van der Waals surface area contributed by atoms with E-state index in [1.165, 1.54) is 19.1 Å². The Kier molecular flexibility index (Phi) is 4.22. The van der Waals surface area contributed by atoms with Crippen LogP contribution in [0.3, 0.4) is 0 Å². The van der Waals surface area contributed by atoms with E-state index in [2.05, 4.69) is 11.5 Å². The van der Waals surface area contributed by atoms with Crippen molar-refractivity contribution in [2.24, 2.45) is 0 Å². The minimum atomic E-state index is -0.607. The Morgan fingerprint density at radius 3 is 2.45 bits per heavy atom. The maximum absolute atomic E-state index is 12.7. The monoisotopic (exact) mass is 158 g/mol. The molecule has 0 fully saturated rings. The highest BCUT2D eigenvalue weighted by atomic mass is 19.1. The zero-order valence-electron chi connectivity index (χ0n) is 6.60. The summed E-state index contributed by atoms with van der Waals surface area (Å²) in [5.41, 5.74) is 0.447. The van der Waals surface area contributed by atoms with Crippen molar-refractivity contribution < 1.29 is 14.5 Å². The number of hydrogen-bond donors (Lipinski definition) is 1. The van der Waals surface area contributed by atoms with Crippen LogP contribution < -0.4 is 0 Å². The van der Waals surface area contributed by atoms with E-state index >= 15 is 0 Å². The third kappa shape index (κ3) is 2.55. The van der Waals surface area contributed by atoms with Gasteiger partial charge in [0.2, 0.25) is 5.76 Å². The van der Waals surface area contributed by atoms with Crippen molar-refractivity contribution in [3.63, 3.8) is 0 Å². The van der Waals surface area contributed by atoms with Gasteiger partial charge in [-0.2, -0.15) is 0 Å². The molecule has 62 valence electrons. The topological polar surface area (TPSA) is 29.5 Å². The Balaban J connectivity index is 4.79. The molecule has 0 spiro atoms. The SMILES string of the molecule is C=C/C(C)=C(OO)\C(F)=C/C. The summed E-state index contributed by atoms with van der Waals surface area (Å²) in [5, 5.41) is 8.24. The molecule has 0 aliphatic carbocycles. The van der Waals surface area contributed by atoms with E-state index in [4.69, 9.17) is 5.26 Å². The summed E-state index contributed by atoms with van der Waals surface area (Å²) in [6.45, 7) is 6.49. The molecule has 0 aromatic carbocycles. The standard InChI is InChI=1S/C8H11FO2/c1-4-6(3)8(11-10)7(9)5-2/h4-5,10H,1H2,2-3H3/b7-5+,8-6+. The zero-order valence-corrected chi connectivity index (χ0v) is 6.60. The van der Waals surface area contributed by atoms with Crippen molar-refractivity contribution >= 4 is 0 Å². The first-order chi connectivity index (χ1) is 5.17. The normalized spacial score (nSPS) is 14.0. The minimum Gasteiger partial charge on any atom is -0.337 e. The molecular weight excluding hydrogens is 147 g/mol. The number of rotatable bonds is 3. The summed E-state index contributed by atoms with van der Waals surface area (Å²) in [7, 11) is 0. The van der Waals surface area contributed by atoms with E-state index in [0.29, 0.717) is 5.57 Å². The first-order valence-electron chi connectivity index (χ1n) is 3.14. The van der Waals surface area contributed by atoms with Crippen molar-refractivity contribution in [3.05, 3.63) is 35.9 Å². The Morgan fingerprint density at radius 1 is 1.64 bits per heavy atom. The van der Waals surface area contributed by atoms with Gasteiger partial charge in [0, 0.05) is 0 Å². The lowest BCUT2D eigenvalue weighted by molar-refractivity contribution is -0.202. The van der Waals surface area contributed by atoms with Crippen LogP contribution in [-0.4, -0.2) is 5.26 Å². The third-order valence-corrected chi connectivity index (χ3v) is 1.23. The van der Waals surface area contributed by atoms with Crippen molar-refractivity contribution in [2.75, 3.05) is 0 Å². The van der Waals surface area contributed by atoms with Gasteiger partial charge in [-0.15, -0.1) is 0 Å². The fourth-order valence-corrected chi connectivity index (χ4v) is 0.528. The van der Waals surface area contributed by atoms with Gasteiger partial charge in [0.15, 0.2) is 5.83 Å². The number of halogens is 1. The largest absolute Gasteiger partial charge is 0.337 e. The van der Waals surface area contributed by atoms with Gasteiger partial charge >= 0.3 is 0 Å². The summed E-state index contributed by atoms with van der Waals surface area (Å²) >= 11 is 0. The molecule has 0 aliphatic heterocycles. The molecule has 1 N–H and O–H groups in total. The molecule has 0 rings (SSSR count). The average Bonchev–Trinajstić information content (AvgIpc) is 2.05. The Morgan fingerprint density at radius 2 is 2.18 bits per heavy atom. The Hall–Kier alpha value is -1.09. The van der Waals surface area contributed by atoms with Crippen LogP contribution in [-0.2, 0) is 4.89 Å². The first kappa shape index (κ1) is 9.91. The summed E-state index contributed by atoms with van der Waals surface area (Å²) in [6, 6.07) is 0. The highest BCUT2D eigenvalue weighted by molar-refractivity contribution is 5.29. The Labute approximate surface area is 65.2 Å². The highest BCUT2D eigenvalue weighted by Crippen LogP contribution is 2.16. The molecule has 0 aliphatic rings. The van der Waals surface area contributed by atoms with Gasteiger partial charge in [-0.25, -0.2) is 9.65 Å². The molecule has 2 nitrogen and oxygen atoms in total. The second-order valence-electron chi connectivity index (χ2n) is 1.94. The van der Waals surface area contributed by atoms with Gasteiger partial charge in [-0.1, -0.05) is 12.7 Å². The van der Waals surface area contributed by atoms with Crippen molar-refractivity contribution in [3.8, 4) is 0 Å². The van der Waals surface area contributed by atoms with Gasteiger partial charge in [0.05, 0.1) is 0 Å². The van der Waals surface area contributed by atoms with Crippen LogP contribution in [0.25, 0.3) is 0 Å². The summed E-state index contributed by atoms with van der Waals surface area (Å²) in [4.78, 5) is 3.82. The quantitative estimate of drug-likeness (QED) is 0.296. The fraction of sp³-hybridized carbons (Fsp3) is 0.250. The minimum absolute atomic E-state index is 0.192. The number of allylic oxidation sites excluding steroid dienone is 4. The van der Waals surface area contributed by atoms with Crippen molar-refractivity contribution in [1.82, 2.24) is 0 Å². The van der Waals surface area contributed by atoms with Gasteiger partial charge < -0.3 is 4.89 Å². The third-order valence-electron chi connectivity index (χ3n) is 1.23. The zero-order chi connectivity index (χ0) is 8.85. The van der Waals surface area contributed by atoms with E-state index in [9.17, 15) is 4.39 Å². The summed E-state index contributed by atoms with van der Waals surface area (Å²) < 4.78 is 12.7.